The molecule has 2 N–H and O–H groups in total. The molecule has 0 aromatic heterocycles. The first-order valence-electron chi connectivity index (χ1n) is 9.34. The maximum Gasteiger partial charge on any atom is 0.401 e. The normalized spacial score (nSPS) is 18.0. The van der Waals surface area contributed by atoms with E-state index in [0.29, 0.717) is 38.7 Å². The first kappa shape index (κ1) is 25.0. The summed E-state index contributed by atoms with van der Waals surface area (Å²) in [5.74, 6) is 0.638. The standard InChI is InChI=1S/C19H29F3N4O.HI/c1-23-18(25-17-9-11-26(13-17)15-19(20,21)22)24-10-5-6-12-27-14-16-7-3-2-4-8-16;/h2-4,7-8,17H,5-6,9-15H2,1H3,(H2,23,24,25);1H. The number of hydrogen-bond donors (Lipinski definition) is 2. The number of benzene rings is 1. The second-order valence-electron chi connectivity index (χ2n) is 6.72. The van der Waals surface area contributed by atoms with Crippen LogP contribution >= 0.6 is 24.0 Å². The first-order chi connectivity index (χ1) is 13.0. The van der Waals surface area contributed by atoms with Crippen molar-refractivity contribution in [1.29, 1.82) is 0 Å². The van der Waals surface area contributed by atoms with Gasteiger partial charge in [-0.3, -0.25) is 9.89 Å². The molecule has 0 amide bonds. The van der Waals surface area contributed by atoms with Gasteiger partial charge in [0.2, 0.25) is 0 Å². The van der Waals surface area contributed by atoms with Gasteiger partial charge in [-0.2, -0.15) is 13.2 Å². The van der Waals surface area contributed by atoms with E-state index >= 15 is 0 Å². The van der Waals surface area contributed by atoms with Crippen molar-refractivity contribution in [1.82, 2.24) is 15.5 Å². The van der Waals surface area contributed by atoms with E-state index in [1.54, 1.807) is 7.05 Å². The topological polar surface area (TPSA) is 48.9 Å². The third kappa shape index (κ3) is 10.5. The Hall–Kier alpha value is -1.07. The molecule has 1 aliphatic rings. The van der Waals surface area contributed by atoms with Gasteiger partial charge in [0.25, 0.3) is 0 Å². The van der Waals surface area contributed by atoms with Crippen LogP contribution in [0, 0.1) is 0 Å². The zero-order valence-corrected chi connectivity index (χ0v) is 18.5. The summed E-state index contributed by atoms with van der Waals surface area (Å²) in [5.41, 5.74) is 1.16. The molecule has 0 bridgehead atoms. The lowest BCUT2D eigenvalue weighted by atomic mass is 10.2. The molecule has 1 heterocycles. The molecule has 1 aliphatic heterocycles. The highest BCUT2D eigenvalue weighted by Crippen LogP contribution is 2.19. The highest BCUT2D eigenvalue weighted by atomic mass is 127. The van der Waals surface area contributed by atoms with E-state index in [9.17, 15) is 13.2 Å². The molecule has 0 saturated carbocycles. The first-order valence-corrected chi connectivity index (χ1v) is 9.34. The van der Waals surface area contributed by atoms with Crippen LogP contribution < -0.4 is 10.6 Å². The van der Waals surface area contributed by atoms with E-state index in [1.165, 1.54) is 4.90 Å². The van der Waals surface area contributed by atoms with Crippen molar-refractivity contribution in [3.8, 4) is 0 Å². The van der Waals surface area contributed by atoms with Gasteiger partial charge >= 0.3 is 6.18 Å². The predicted octanol–water partition coefficient (Wildman–Crippen LogP) is 3.40. The average molecular weight is 514 g/mol. The summed E-state index contributed by atoms with van der Waals surface area (Å²) in [7, 11) is 1.67. The lowest BCUT2D eigenvalue weighted by Crippen LogP contribution is -2.45. The molecule has 0 radical (unpaired) electrons. The third-order valence-electron chi connectivity index (χ3n) is 4.36. The molecule has 1 unspecified atom stereocenters. The summed E-state index contributed by atoms with van der Waals surface area (Å²) in [6, 6.07) is 10.0. The van der Waals surface area contributed by atoms with Crippen LogP contribution in [0.2, 0.25) is 0 Å². The van der Waals surface area contributed by atoms with Crippen LogP contribution in [0.3, 0.4) is 0 Å². The molecule has 1 saturated heterocycles. The van der Waals surface area contributed by atoms with Crippen molar-refractivity contribution in [3.05, 3.63) is 35.9 Å². The van der Waals surface area contributed by atoms with Crippen LogP contribution in [-0.4, -0.2) is 62.9 Å². The number of ether oxygens (including phenoxy) is 1. The molecule has 9 heteroatoms. The lowest BCUT2D eigenvalue weighted by molar-refractivity contribution is -0.143. The summed E-state index contributed by atoms with van der Waals surface area (Å²) in [6.07, 6.45) is -1.60. The molecule has 0 aliphatic carbocycles. The van der Waals surface area contributed by atoms with Crippen molar-refractivity contribution < 1.29 is 17.9 Å². The van der Waals surface area contributed by atoms with E-state index in [0.717, 1.165) is 24.9 Å². The van der Waals surface area contributed by atoms with Gasteiger partial charge in [-0.25, -0.2) is 0 Å². The fourth-order valence-electron chi connectivity index (χ4n) is 3.04. The van der Waals surface area contributed by atoms with Crippen molar-refractivity contribution in [2.45, 2.75) is 38.1 Å². The van der Waals surface area contributed by atoms with Crippen LogP contribution in [0.5, 0.6) is 0 Å². The van der Waals surface area contributed by atoms with Gasteiger partial charge in [-0.1, -0.05) is 30.3 Å². The highest BCUT2D eigenvalue weighted by molar-refractivity contribution is 14.0. The Bertz CT molecular complexity index is 572. The Morgan fingerprint density at radius 3 is 2.68 bits per heavy atom. The maximum atomic E-state index is 12.4. The number of nitrogens with one attached hydrogen (secondary N) is 2. The SMILES string of the molecule is CN=C(NCCCCOCc1ccccc1)NC1CCN(CC(F)(F)F)C1.I. The van der Waals surface area contributed by atoms with Crippen LogP contribution in [0.15, 0.2) is 35.3 Å². The number of likely N-dealkylation sites (tertiary alicyclic amines) is 1. The van der Waals surface area contributed by atoms with E-state index in [2.05, 4.69) is 15.6 Å². The quantitative estimate of drug-likeness (QED) is 0.230. The van der Waals surface area contributed by atoms with Crippen LogP contribution in [0.25, 0.3) is 0 Å². The predicted molar refractivity (Wildman–Crippen MR) is 116 cm³/mol. The Kier molecular flexibility index (Phi) is 11.8. The van der Waals surface area contributed by atoms with E-state index < -0.39 is 12.7 Å². The Balaban J connectivity index is 0.00000392. The third-order valence-corrected chi connectivity index (χ3v) is 4.36. The molecular weight excluding hydrogens is 484 g/mol. The summed E-state index contributed by atoms with van der Waals surface area (Å²) in [6.45, 7) is 2.04. The fraction of sp³-hybridized carbons (Fsp3) is 0.632. The van der Waals surface area contributed by atoms with Gasteiger partial charge in [0.05, 0.1) is 13.2 Å². The minimum Gasteiger partial charge on any atom is -0.377 e. The Labute approximate surface area is 182 Å². The van der Waals surface area contributed by atoms with E-state index in [4.69, 9.17) is 4.74 Å². The lowest BCUT2D eigenvalue weighted by Gasteiger charge is -2.19. The molecule has 1 aromatic rings. The van der Waals surface area contributed by atoms with Crippen LogP contribution in [0.4, 0.5) is 13.2 Å². The largest absolute Gasteiger partial charge is 0.401 e. The van der Waals surface area contributed by atoms with E-state index in [-0.39, 0.29) is 30.0 Å². The molecule has 1 atom stereocenters. The summed E-state index contributed by atoms with van der Waals surface area (Å²) < 4.78 is 43.0. The minimum atomic E-state index is -4.14. The number of hydrogen-bond acceptors (Lipinski definition) is 3. The van der Waals surface area contributed by atoms with Crippen molar-refractivity contribution in [3.63, 3.8) is 0 Å². The van der Waals surface area contributed by atoms with Crippen molar-refractivity contribution in [2.24, 2.45) is 4.99 Å². The second-order valence-corrected chi connectivity index (χ2v) is 6.72. The number of alkyl halides is 3. The van der Waals surface area contributed by atoms with Gasteiger partial charge in [0, 0.05) is 39.3 Å². The Morgan fingerprint density at radius 1 is 1.25 bits per heavy atom. The molecule has 28 heavy (non-hydrogen) atoms. The summed E-state index contributed by atoms with van der Waals surface area (Å²) >= 11 is 0. The zero-order chi connectivity index (χ0) is 19.5. The number of halogens is 4. The van der Waals surface area contributed by atoms with E-state index in [1.807, 2.05) is 30.3 Å². The molecule has 5 nitrogen and oxygen atoms in total. The number of nitrogens with zero attached hydrogens (tertiary/aromatic N) is 2. The second kappa shape index (κ2) is 13.2. The maximum absolute atomic E-state index is 12.4. The van der Waals surface area contributed by atoms with Crippen molar-refractivity contribution in [2.75, 3.05) is 39.8 Å². The van der Waals surface area contributed by atoms with Crippen LogP contribution in [-0.2, 0) is 11.3 Å². The smallest absolute Gasteiger partial charge is 0.377 e. The van der Waals surface area contributed by atoms with Gasteiger partial charge in [0.15, 0.2) is 5.96 Å². The fourth-order valence-corrected chi connectivity index (χ4v) is 3.04. The van der Waals surface area contributed by atoms with Crippen LogP contribution in [0.1, 0.15) is 24.8 Å². The van der Waals surface area contributed by atoms with Gasteiger partial charge < -0.3 is 15.4 Å². The van der Waals surface area contributed by atoms with Gasteiger partial charge in [-0.05, 0) is 24.8 Å². The van der Waals surface area contributed by atoms with Gasteiger partial charge in [-0.15, -0.1) is 24.0 Å². The Morgan fingerprint density at radius 2 is 2.00 bits per heavy atom. The molecule has 2 rings (SSSR count). The minimum absolute atomic E-state index is 0. The van der Waals surface area contributed by atoms with Gasteiger partial charge in [0.1, 0.15) is 0 Å². The average Bonchev–Trinajstić information content (AvgIpc) is 3.05. The number of aliphatic imine (C=N–C) groups is 1. The molecule has 160 valence electrons. The summed E-state index contributed by atoms with van der Waals surface area (Å²) in [5, 5.41) is 6.41. The highest BCUT2D eigenvalue weighted by Gasteiger charge is 2.34. The molecule has 1 fully saturated rings. The summed E-state index contributed by atoms with van der Waals surface area (Å²) in [4.78, 5) is 5.57. The zero-order valence-electron chi connectivity index (χ0n) is 16.2. The number of unbranched alkanes of at least 4 members (excludes halogenated alkanes) is 1. The molecule has 0 spiro atoms. The molecular formula is C19H30F3IN4O. The monoisotopic (exact) mass is 514 g/mol. The number of guanidine groups is 1. The molecule has 1 aromatic carbocycles. The van der Waals surface area contributed by atoms with Crippen molar-refractivity contribution >= 4 is 29.9 Å². The number of rotatable bonds is 9.